The zero-order valence-corrected chi connectivity index (χ0v) is 11.8. The molecule has 0 aromatic heterocycles. The lowest BCUT2D eigenvalue weighted by Gasteiger charge is -2.33. The van der Waals surface area contributed by atoms with Gasteiger partial charge in [0.05, 0.1) is 13.2 Å². The zero-order chi connectivity index (χ0) is 13.3. The van der Waals surface area contributed by atoms with Gasteiger partial charge in [-0.15, -0.1) is 0 Å². The van der Waals surface area contributed by atoms with Gasteiger partial charge in [0.15, 0.2) is 0 Å². The lowest BCUT2D eigenvalue weighted by molar-refractivity contribution is 0.116. The number of ether oxygens (including phenoxy) is 1. The minimum atomic E-state index is 0.110. The second-order valence-electron chi connectivity index (χ2n) is 6.36. The van der Waals surface area contributed by atoms with E-state index in [0.717, 1.165) is 26.2 Å². The molecule has 1 aromatic rings. The summed E-state index contributed by atoms with van der Waals surface area (Å²) >= 11 is 0. The van der Waals surface area contributed by atoms with E-state index in [-0.39, 0.29) is 11.5 Å². The van der Waals surface area contributed by atoms with Crippen LogP contribution in [0.1, 0.15) is 24.5 Å². The Bertz CT molecular complexity index is 448. The van der Waals surface area contributed by atoms with Crippen molar-refractivity contribution < 1.29 is 4.74 Å². The molecule has 2 heterocycles. The highest BCUT2D eigenvalue weighted by molar-refractivity contribution is 5.28. The first-order valence-electron chi connectivity index (χ1n) is 7.30. The van der Waals surface area contributed by atoms with E-state index in [1.54, 1.807) is 0 Å². The molecule has 1 fully saturated rings. The monoisotopic (exact) mass is 260 g/mol. The van der Waals surface area contributed by atoms with Crippen LogP contribution in [-0.2, 0) is 17.7 Å². The van der Waals surface area contributed by atoms with Gasteiger partial charge in [-0.05, 0) is 30.5 Å². The maximum absolute atomic E-state index is 6.21. The van der Waals surface area contributed by atoms with Gasteiger partial charge in [-0.25, -0.2) is 0 Å². The molecule has 0 bridgehead atoms. The van der Waals surface area contributed by atoms with Crippen molar-refractivity contribution in [2.24, 2.45) is 11.1 Å². The van der Waals surface area contributed by atoms with Gasteiger partial charge in [-0.1, -0.05) is 31.2 Å². The van der Waals surface area contributed by atoms with Crippen LogP contribution in [-0.4, -0.2) is 37.2 Å². The molecule has 3 nitrogen and oxygen atoms in total. The zero-order valence-electron chi connectivity index (χ0n) is 11.8. The molecule has 0 spiro atoms. The fourth-order valence-electron chi connectivity index (χ4n) is 3.30. The van der Waals surface area contributed by atoms with E-state index in [1.165, 1.54) is 24.0 Å². The van der Waals surface area contributed by atoms with Gasteiger partial charge < -0.3 is 10.5 Å². The quantitative estimate of drug-likeness (QED) is 0.881. The Hall–Kier alpha value is -0.900. The van der Waals surface area contributed by atoms with E-state index >= 15 is 0 Å². The summed E-state index contributed by atoms with van der Waals surface area (Å²) in [6.07, 6.45) is 2.44. The van der Waals surface area contributed by atoms with Crippen molar-refractivity contribution in [2.75, 3.05) is 26.3 Å². The highest BCUT2D eigenvalue weighted by atomic mass is 16.5. The molecule has 3 rings (SSSR count). The maximum Gasteiger partial charge on any atom is 0.0624 e. The summed E-state index contributed by atoms with van der Waals surface area (Å²) in [7, 11) is 0. The highest BCUT2D eigenvalue weighted by Crippen LogP contribution is 2.30. The molecule has 1 aromatic carbocycles. The molecule has 2 aliphatic rings. The predicted molar refractivity (Wildman–Crippen MR) is 76.9 cm³/mol. The number of benzene rings is 1. The summed E-state index contributed by atoms with van der Waals surface area (Å²) in [6.45, 7) is 7.03. The summed E-state index contributed by atoms with van der Waals surface area (Å²) in [6, 6.07) is 9.00. The van der Waals surface area contributed by atoms with Crippen LogP contribution in [0.4, 0.5) is 0 Å². The van der Waals surface area contributed by atoms with Crippen molar-refractivity contribution in [2.45, 2.75) is 32.4 Å². The second-order valence-corrected chi connectivity index (χ2v) is 6.36. The molecule has 2 N–H and O–H groups in total. The van der Waals surface area contributed by atoms with Crippen molar-refractivity contribution in [1.29, 1.82) is 0 Å². The van der Waals surface area contributed by atoms with E-state index in [9.17, 15) is 0 Å². The van der Waals surface area contributed by atoms with E-state index in [1.807, 2.05) is 0 Å². The van der Waals surface area contributed by atoms with Crippen molar-refractivity contribution in [3.63, 3.8) is 0 Å². The van der Waals surface area contributed by atoms with Crippen molar-refractivity contribution in [1.82, 2.24) is 4.90 Å². The van der Waals surface area contributed by atoms with Crippen molar-refractivity contribution in [3.8, 4) is 0 Å². The summed E-state index contributed by atoms with van der Waals surface area (Å²) in [4.78, 5) is 2.56. The predicted octanol–water partition coefficient (Wildman–Crippen LogP) is 1.80. The average molecular weight is 260 g/mol. The van der Waals surface area contributed by atoms with Gasteiger partial charge in [0.2, 0.25) is 0 Å². The summed E-state index contributed by atoms with van der Waals surface area (Å²) in [5.41, 5.74) is 9.32. The largest absolute Gasteiger partial charge is 0.379 e. The van der Waals surface area contributed by atoms with Gasteiger partial charge in [0.25, 0.3) is 0 Å². The fraction of sp³-hybridized carbons (Fsp3) is 0.625. The van der Waals surface area contributed by atoms with Crippen LogP contribution in [0, 0.1) is 5.41 Å². The Morgan fingerprint density at radius 3 is 2.89 bits per heavy atom. The van der Waals surface area contributed by atoms with Crippen LogP contribution in [0.25, 0.3) is 0 Å². The van der Waals surface area contributed by atoms with Crippen LogP contribution >= 0.6 is 0 Å². The summed E-state index contributed by atoms with van der Waals surface area (Å²) in [5.74, 6) is 0. The fourth-order valence-corrected chi connectivity index (χ4v) is 3.30. The molecule has 0 saturated carbocycles. The number of aryl methyl sites for hydroxylation is 1. The number of nitrogens with zero attached hydrogens (tertiary/aromatic N) is 1. The highest BCUT2D eigenvalue weighted by Gasteiger charge is 2.39. The molecule has 104 valence electrons. The van der Waals surface area contributed by atoms with Crippen LogP contribution in [0.2, 0.25) is 0 Å². The number of fused-ring (bicyclic) bond motifs is 1. The first-order valence-corrected chi connectivity index (χ1v) is 7.30. The van der Waals surface area contributed by atoms with Crippen LogP contribution in [0.5, 0.6) is 0 Å². The molecule has 0 amide bonds. The van der Waals surface area contributed by atoms with E-state index < -0.39 is 0 Å². The van der Waals surface area contributed by atoms with Gasteiger partial charge >= 0.3 is 0 Å². The third-order valence-corrected chi connectivity index (χ3v) is 4.64. The van der Waals surface area contributed by atoms with Crippen molar-refractivity contribution >= 4 is 0 Å². The Balaban J connectivity index is 1.73. The second kappa shape index (κ2) is 5.23. The number of hydrogen-bond donors (Lipinski definition) is 1. The van der Waals surface area contributed by atoms with Crippen LogP contribution in [0.15, 0.2) is 24.3 Å². The van der Waals surface area contributed by atoms with E-state index in [0.29, 0.717) is 6.61 Å². The molecule has 19 heavy (non-hydrogen) atoms. The maximum atomic E-state index is 6.21. The van der Waals surface area contributed by atoms with Gasteiger partial charge in [-0.2, -0.15) is 0 Å². The molecule has 3 heteroatoms. The van der Waals surface area contributed by atoms with E-state index in [4.69, 9.17) is 10.5 Å². The number of rotatable bonds is 2. The normalized spacial score (nSPS) is 32.0. The average Bonchev–Trinajstić information content (AvgIpc) is 2.62. The molecular weight excluding hydrogens is 236 g/mol. The Kier molecular flexibility index (Phi) is 3.61. The van der Waals surface area contributed by atoms with Crippen molar-refractivity contribution in [3.05, 3.63) is 35.4 Å². The number of nitrogens with two attached hydrogens (primary N) is 1. The van der Waals surface area contributed by atoms with E-state index in [2.05, 4.69) is 36.1 Å². The minimum absolute atomic E-state index is 0.110. The summed E-state index contributed by atoms with van der Waals surface area (Å²) in [5, 5.41) is 0. The third-order valence-electron chi connectivity index (χ3n) is 4.64. The Morgan fingerprint density at radius 1 is 1.37 bits per heavy atom. The molecule has 0 aliphatic carbocycles. The van der Waals surface area contributed by atoms with Crippen LogP contribution < -0.4 is 5.73 Å². The molecule has 2 aliphatic heterocycles. The topological polar surface area (TPSA) is 38.5 Å². The third kappa shape index (κ3) is 2.69. The first kappa shape index (κ1) is 13.1. The molecular formula is C16H24N2O. The minimum Gasteiger partial charge on any atom is -0.379 e. The number of hydrogen-bond acceptors (Lipinski definition) is 3. The SMILES string of the molecule is CC1(CN2CCCc3ccccc3C2)COCC1N. The van der Waals surface area contributed by atoms with Gasteiger partial charge in [-0.3, -0.25) is 4.90 Å². The molecule has 2 unspecified atom stereocenters. The molecule has 0 radical (unpaired) electrons. The Labute approximate surface area is 115 Å². The molecule has 2 atom stereocenters. The Morgan fingerprint density at radius 2 is 2.16 bits per heavy atom. The standard InChI is InChI=1S/C16H24N2O/c1-16(12-19-10-15(16)17)11-18-8-4-7-13-5-2-3-6-14(13)9-18/h2-3,5-6,15H,4,7-12,17H2,1H3. The molecule has 1 saturated heterocycles. The lowest BCUT2D eigenvalue weighted by atomic mass is 9.85. The van der Waals surface area contributed by atoms with Gasteiger partial charge in [0.1, 0.15) is 0 Å². The first-order chi connectivity index (χ1) is 9.17. The summed E-state index contributed by atoms with van der Waals surface area (Å²) < 4.78 is 5.56. The van der Waals surface area contributed by atoms with Gasteiger partial charge in [0, 0.05) is 24.5 Å². The smallest absolute Gasteiger partial charge is 0.0624 e. The van der Waals surface area contributed by atoms with Crippen LogP contribution in [0.3, 0.4) is 0 Å². The lowest BCUT2D eigenvalue weighted by Crippen LogP contribution is -2.46.